The fourth-order valence-corrected chi connectivity index (χ4v) is 1.59. The van der Waals surface area contributed by atoms with Crippen LogP contribution in [0.1, 0.15) is 28.5 Å². The molecule has 14 heavy (non-hydrogen) atoms. The second-order valence-corrected chi connectivity index (χ2v) is 3.73. The minimum atomic E-state index is -0.268. The average molecular weight is 215 g/mol. The van der Waals surface area contributed by atoms with Crippen LogP contribution in [0.15, 0.2) is 5.38 Å². The quantitative estimate of drug-likeness (QED) is 0.757. The summed E-state index contributed by atoms with van der Waals surface area (Å²) in [7, 11) is 2.96. The van der Waals surface area contributed by atoms with Crippen LogP contribution in [0, 0.1) is 0 Å². The standard InChI is InChI=1S/C8H13N3O2S/c1-5(9)7-10-6(4-14-7)8(12)11(2)13-3/h4-5H,9H2,1-3H3. The van der Waals surface area contributed by atoms with E-state index < -0.39 is 0 Å². The maximum Gasteiger partial charge on any atom is 0.296 e. The molecule has 0 aliphatic rings. The summed E-state index contributed by atoms with van der Waals surface area (Å²) < 4.78 is 0. The van der Waals surface area contributed by atoms with Crippen LogP contribution < -0.4 is 5.73 Å². The van der Waals surface area contributed by atoms with Crippen molar-refractivity contribution in [3.8, 4) is 0 Å². The predicted molar refractivity (Wildman–Crippen MR) is 53.8 cm³/mol. The molecule has 1 unspecified atom stereocenters. The Morgan fingerprint density at radius 2 is 2.43 bits per heavy atom. The van der Waals surface area contributed by atoms with Crippen molar-refractivity contribution in [2.45, 2.75) is 13.0 Å². The number of hydrogen-bond donors (Lipinski definition) is 1. The Balaban J connectivity index is 2.81. The Kier molecular flexibility index (Phi) is 3.56. The van der Waals surface area contributed by atoms with Gasteiger partial charge in [0.05, 0.1) is 13.2 Å². The normalized spacial score (nSPS) is 12.6. The van der Waals surface area contributed by atoms with Gasteiger partial charge in [0.1, 0.15) is 10.7 Å². The fraction of sp³-hybridized carbons (Fsp3) is 0.500. The number of carbonyl (C=O) groups excluding carboxylic acids is 1. The van der Waals surface area contributed by atoms with Crippen LogP contribution in [-0.2, 0) is 4.84 Å². The highest BCUT2D eigenvalue weighted by molar-refractivity contribution is 7.09. The van der Waals surface area contributed by atoms with Gasteiger partial charge in [-0.15, -0.1) is 11.3 Å². The largest absolute Gasteiger partial charge is 0.322 e. The molecule has 1 aromatic heterocycles. The number of hydrogen-bond acceptors (Lipinski definition) is 5. The zero-order valence-corrected chi connectivity index (χ0v) is 9.17. The minimum Gasteiger partial charge on any atom is -0.322 e. The van der Waals surface area contributed by atoms with Gasteiger partial charge in [-0.25, -0.2) is 10.0 Å². The molecule has 0 saturated carbocycles. The van der Waals surface area contributed by atoms with Crippen molar-refractivity contribution in [3.05, 3.63) is 16.1 Å². The van der Waals surface area contributed by atoms with Crippen LogP contribution in [-0.4, -0.2) is 30.1 Å². The van der Waals surface area contributed by atoms with Crippen molar-refractivity contribution >= 4 is 17.2 Å². The van der Waals surface area contributed by atoms with Gasteiger partial charge in [0, 0.05) is 12.4 Å². The fourth-order valence-electron chi connectivity index (χ4n) is 0.839. The lowest BCUT2D eigenvalue weighted by Crippen LogP contribution is -2.25. The third kappa shape index (κ3) is 2.28. The third-order valence-corrected chi connectivity index (χ3v) is 2.74. The van der Waals surface area contributed by atoms with Gasteiger partial charge < -0.3 is 5.73 Å². The summed E-state index contributed by atoms with van der Waals surface area (Å²) in [5.41, 5.74) is 5.99. The summed E-state index contributed by atoms with van der Waals surface area (Å²) in [6.45, 7) is 1.83. The molecular formula is C8H13N3O2S. The van der Waals surface area contributed by atoms with Crippen molar-refractivity contribution in [1.82, 2.24) is 10.0 Å². The number of nitrogens with two attached hydrogens (primary N) is 1. The topological polar surface area (TPSA) is 68.5 Å². The molecule has 6 heteroatoms. The number of aromatic nitrogens is 1. The van der Waals surface area contributed by atoms with Crippen molar-refractivity contribution in [2.75, 3.05) is 14.2 Å². The van der Waals surface area contributed by atoms with Gasteiger partial charge in [-0.1, -0.05) is 0 Å². The monoisotopic (exact) mass is 215 g/mol. The summed E-state index contributed by atoms with van der Waals surface area (Å²) in [5.74, 6) is -0.268. The van der Waals surface area contributed by atoms with E-state index in [9.17, 15) is 4.79 Å². The van der Waals surface area contributed by atoms with Crippen molar-refractivity contribution in [3.63, 3.8) is 0 Å². The number of carbonyl (C=O) groups is 1. The Morgan fingerprint density at radius 3 is 2.86 bits per heavy atom. The molecule has 1 aromatic rings. The highest BCUT2D eigenvalue weighted by atomic mass is 32.1. The van der Waals surface area contributed by atoms with E-state index in [-0.39, 0.29) is 11.9 Å². The molecule has 0 aliphatic heterocycles. The molecule has 0 bridgehead atoms. The first-order valence-corrected chi connectivity index (χ1v) is 4.97. The maximum absolute atomic E-state index is 11.5. The molecule has 0 saturated heterocycles. The van der Waals surface area contributed by atoms with Gasteiger partial charge in [0.2, 0.25) is 0 Å². The van der Waals surface area contributed by atoms with Gasteiger partial charge >= 0.3 is 0 Å². The number of rotatable bonds is 3. The van der Waals surface area contributed by atoms with Gasteiger partial charge in [-0.3, -0.25) is 9.63 Å². The number of thiazole rings is 1. The maximum atomic E-state index is 11.5. The van der Waals surface area contributed by atoms with Crippen molar-refractivity contribution in [1.29, 1.82) is 0 Å². The summed E-state index contributed by atoms with van der Waals surface area (Å²) in [6, 6.07) is -0.144. The van der Waals surface area contributed by atoms with Crippen molar-refractivity contribution in [2.24, 2.45) is 5.73 Å². The summed E-state index contributed by atoms with van der Waals surface area (Å²) in [5, 5.41) is 3.55. The van der Waals surface area contributed by atoms with E-state index in [1.54, 1.807) is 5.38 Å². The zero-order valence-electron chi connectivity index (χ0n) is 8.35. The Hall–Kier alpha value is -0.980. The Labute approximate surface area is 86.4 Å². The molecule has 0 spiro atoms. The number of hydroxylamine groups is 2. The summed E-state index contributed by atoms with van der Waals surface area (Å²) >= 11 is 1.37. The van der Waals surface area contributed by atoms with Crippen LogP contribution >= 0.6 is 11.3 Å². The molecule has 78 valence electrons. The molecule has 0 fully saturated rings. The van der Waals surface area contributed by atoms with E-state index in [0.29, 0.717) is 5.69 Å². The second kappa shape index (κ2) is 4.50. The van der Waals surface area contributed by atoms with Crippen LogP contribution in [0.2, 0.25) is 0 Å². The van der Waals surface area contributed by atoms with Crippen LogP contribution in [0.4, 0.5) is 0 Å². The van der Waals surface area contributed by atoms with Crippen LogP contribution in [0.3, 0.4) is 0 Å². The van der Waals surface area contributed by atoms with Crippen LogP contribution in [0.5, 0.6) is 0 Å². The summed E-state index contributed by atoms with van der Waals surface area (Å²) in [4.78, 5) is 20.4. The molecule has 0 aliphatic carbocycles. The van der Waals surface area contributed by atoms with Crippen molar-refractivity contribution < 1.29 is 9.63 Å². The first-order valence-electron chi connectivity index (χ1n) is 4.09. The Morgan fingerprint density at radius 1 is 1.79 bits per heavy atom. The average Bonchev–Trinajstić information content (AvgIpc) is 2.64. The van der Waals surface area contributed by atoms with E-state index in [1.165, 1.54) is 25.5 Å². The zero-order chi connectivity index (χ0) is 10.7. The molecule has 1 heterocycles. The molecule has 1 rings (SSSR count). The van der Waals surface area contributed by atoms with Gasteiger partial charge in [-0.2, -0.15) is 0 Å². The van der Waals surface area contributed by atoms with Gasteiger partial charge in [0.15, 0.2) is 0 Å². The van der Waals surface area contributed by atoms with E-state index in [2.05, 4.69) is 4.98 Å². The van der Waals surface area contributed by atoms with E-state index in [0.717, 1.165) is 10.1 Å². The molecule has 1 amide bonds. The predicted octanol–water partition coefficient (Wildman–Crippen LogP) is 0.796. The molecule has 0 radical (unpaired) electrons. The van der Waals surface area contributed by atoms with E-state index in [1.807, 2.05) is 6.92 Å². The number of nitrogens with zero attached hydrogens (tertiary/aromatic N) is 2. The minimum absolute atomic E-state index is 0.144. The van der Waals surface area contributed by atoms with Gasteiger partial charge in [0.25, 0.3) is 5.91 Å². The first-order chi connectivity index (χ1) is 6.56. The lowest BCUT2D eigenvalue weighted by Gasteiger charge is -2.11. The van der Waals surface area contributed by atoms with E-state index in [4.69, 9.17) is 10.6 Å². The molecule has 5 nitrogen and oxygen atoms in total. The highest BCUT2D eigenvalue weighted by Gasteiger charge is 2.16. The second-order valence-electron chi connectivity index (χ2n) is 2.84. The smallest absolute Gasteiger partial charge is 0.296 e. The SMILES string of the molecule is CON(C)C(=O)c1csc(C(C)N)n1. The first kappa shape index (κ1) is 11.1. The summed E-state index contributed by atoms with van der Waals surface area (Å²) in [6.07, 6.45) is 0. The lowest BCUT2D eigenvalue weighted by molar-refractivity contribution is -0.0760. The number of amides is 1. The molecule has 0 aromatic carbocycles. The van der Waals surface area contributed by atoms with Gasteiger partial charge in [-0.05, 0) is 6.92 Å². The van der Waals surface area contributed by atoms with Crippen LogP contribution in [0.25, 0.3) is 0 Å². The molecular weight excluding hydrogens is 202 g/mol. The van der Waals surface area contributed by atoms with E-state index >= 15 is 0 Å². The highest BCUT2D eigenvalue weighted by Crippen LogP contribution is 2.16. The molecule has 2 N–H and O–H groups in total. The third-order valence-electron chi connectivity index (χ3n) is 1.69. The molecule has 1 atom stereocenters. The Bertz CT molecular complexity index is 324. The lowest BCUT2D eigenvalue weighted by atomic mass is 10.4.